The molecule has 1 heterocycles. The maximum Gasteiger partial charge on any atom is 0.0926 e. The monoisotopic (exact) mass is 280 g/mol. The number of hydrogen-bond donors (Lipinski definition) is 1. The molecule has 0 radical (unpaired) electrons. The molecule has 0 aliphatic carbocycles. The molecule has 4 heteroatoms. The lowest BCUT2D eigenvalue weighted by Gasteiger charge is -2.13. The summed E-state index contributed by atoms with van der Waals surface area (Å²) in [6.45, 7) is 5.06. The van der Waals surface area contributed by atoms with Crippen molar-refractivity contribution < 1.29 is 0 Å². The van der Waals surface area contributed by atoms with Crippen LogP contribution in [0.5, 0.6) is 0 Å². The Morgan fingerprint density at radius 3 is 2.94 bits per heavy atom. The van der Waals surface area contributed by atoms with Gasteiger partial charge in [0, 0.05) is 23.0 Å². The summed E-state index contributed by atoms with van der Waals surface area (Å²) in [4.78, 5) is 4.54. The van der Waals surface area contributed by atoms with Crippen molar-refractivity contribution in [3.8, 4) is 0 Å². The van der Waals surface area contributed by atoms with Gasteiger partial charge in [-0.05, 0) is 31.0 Å². The van der Waals surface area contributed by atoms with Crippen LogP contribution in [0.4, 0.5) is 0 Å². The van der Waals surface area contributed by atoms with Gasteiger partial charge in [-0.3, -0.25) is 0 Å². The van der Waals surface area contributed by atoms with Crippen LogP contribution in [0.2, 0.25) is 5.02 Å². The molecule has 1 atom stereocenters. The highest BCUT2D eigenvalue weighted by Gasteiger charge is 2.06. The van der Waals surface area contributed by atoms with Crippen molar-refractivity contribution in [1.29, 1.82) is 0 Å². The lowest BCUT2D eigenvalue weighted by atomic mass is 10.1. The van der Waals surface area contributed by atoms with E-state index in [4.69, 9.17) is 11.6 Å². The lowest BCUT2D eigenvalue weighted by molar-refractivity contribution is 0.568. The largest absolute Gasteiger partial charge is 0.305 e. The fourth-order valence-corrected chi connectivity index (χ4v) is 2.69. The average molecular weight is 281 g/mol. The number of aryl methyl sites for hydroxylation is 1. The molecule has 0 spiro atoms. The van der Waals surface area contributed by atoms with E-state index in [-0.39, 0.29) is 6.04 Å². The maximum atomic E-state index is 5.99. The first kappa shape index (κ1) is 13.5. The summed E-state index contributed by atoms with van der Waals surface area (Å²) < 4.78 is 0. The van der Waals surface area contributed by atoms with E-state index in [1.165, 1.54) is 10.6 Å². The van der Waals surface area contributed by atoms with Gasteiger partial charge in [0.05, 0.1) is 10.7 Å². The van der Waals surface area contributed by atoms with Gasteiger partial charge in [0.15, 0.2) is 0 Å². The van der Waals surface area contributed by atoms with Gasteiger partial charge in [0.25, 0.3) is 0 Å². The van der Waals surface area contributed by atoms with Crippen molar-refractivity contribution >= 4 is 22.9 Å². The Balaban J connectivity index is 1.93. The molecule has 0 bridgehead atoms. The van der Waals surface area contributed by atoms with Gasteiger partial charge in [0.2, 0.25) is 0 Å². The summed E-state index contributed by atoms with van der Waals surface area (Å²) in [6, 6.07) is 8.23. The summed E-state index contributed by atoms with van der Waals surface area (Å²) in [6.07, 6.45) is 1.01. The van der Waals surface area contributed by atoms with Gasteiger partial charge in [-0.1, -0.05) is 30.7 Å². The first-order valence-electron chi connectivity index (χ1n) is 6.11. The smallest absolute Gasteiger partial charge is 0.0926 e. The molecule has 0 saturated heterocycles. The highest BCUT2D eigenvalue weighted by atomic mass is 35.5. The molecule has 1 aromatic heterocycles. The topological polar surface area (TPSA) is 24.9 Å². The Morgan fingerprint density at radius 1 is 1.44 bits per heavy atom. The average Bonchev–Trinajstić information content (AvgIpc) is 2.84. The van der Waals surface area contributed by atoms with Gasteiger partial charge in [-0.25, -0.2) is 4.98 Å². The third kappa shape index (κ3) is 3.55. The fraction of sp³-hybridized carbons (Fsp3) is 0.357. The van der Waals surface area contributed by atoms with Crippen molar-refractivity contribution in [2.24, 2.45) is 0 Å². The van der Waals surface area contributed by atoms with Crippen LogP contribution in [-0.4, -0.2) is 4.98 Å². The molecule has 1 aromatic carbocycles. The molecule has 0 aliphatic heterocycles. The number of benzene rings is 1. The van der Waals surface area contributed by atoms with Crippen LogP contribution in [0.15, 0.2) is 29.6 Å². The van der Waals surface area contributed by atoms with E-state index in [2.05, 4.69) is 35.6 Å². The Bertz CT molecular complexity index is 510. The third-order valence-electron chi connectivity index (χ3n) is 2.84. The quantitative estimate of drug-likeness (QED) is 0.887. The number of thiazole rings is 1. The second kappa shape index (κ2) is 6.32. The predicted molar refractivity (Wildman–Crippen MR) is 78.2 cm³/mol. The third-order valence-corrected chi connectivity index (χ3v) is 4.12. The van der Waals surface area contributed by atoms with E-state index in [1.807, 2.05) is 18.2 Å². The van der Waals surface area contributed by atoms with Crippen molar-refractivity contribution in [2.45, 2.75) is 32.9 Å². The van der Waals surface area contributed by atoms with E-state index in [0.717, 1.165) is 23.7 Å². The van der Waals surface area contributed by atoms with Crippen molar-refractivity contribution in [1.82, 2.24) is 10.3 Å². The first-order chi connectivity index (χ1) is 8.69. The van der Waals surface area contributed by atoms with E-state index < -0.39 is 0 Å². The summed E-state index contributed by atoms with van der Waals surface area (Å²) >= 11 is 7.72. The van der Waals surface area contributed by atoms with Gasteiger partial charge in [-0.15, -0.1) is 11.3 Å². The van der Waals surface area contributed by atoms with Crippen molar-refractivity contribution in [2.75, 3.05) is 0 Å². The minimum atomic E-state index is 0.274. The van der Waals surface area contributed by atoms with Crippen molar-refractivity contribution in [3.05, 3.63) is 50.9 Å². The molecule has 0 fully saturated rings. The Hall–Kier alpha value is -0.900. The van der Waals surface area contributed by atoms with E-state index >= 15 is 0 Å². The summed E-state index contributed by atoms with van der Waals surface area (Å²) in [5.74, 6) is 0. The number of hydrogen-bond acceptors (Lipinski definition) is 3. The zero-order valence-electron chi connectivity index (χ0n) is 10.6. The minimum Gasteiger partial charge on any atom is -0.305 e. The number of aromatic nitrogens is 1. The van der Waals surface area contributed by atoms with E-state index in [0.29, 0.717) is 0 Å². The maximum absolute atomic E-state index is 5.99. The van der Waals surface area contributed by atoms with Gasteiger partial charge < -0.3 is 5.32 Å². The van der Waals surface area contributed by atoms with Crippen LogP contribution in [0.3, 0.4) is 0 Å². The number of rotatable bonds is 5. The van der Waals surface area contributed by atoms with Crippen LogP contribution in [-0.2, 0) is 13.0 Å². The van der Waals surface area contributed by atoms with Crippen LogP contribution < -0.4 is 5.32 Å². The molecule has 18 heavy (non-hydrogen) atoms. The van der Waals surface area contributed by atoms with Crippen LogP contribution in [0.1, 0.15) is 36.2 Å². The SMILES string of the molecule is CCc1nc(CNC(C)c2cccc(Cl)c2)cs1. The Morgan fingerprint density at radius 2 is 2.28 bits per heavy atom. The Kier molecular flexibility index (Phi) is 4.75. The Labute approximate surface area is 117 Å². The summed E-state index contributed by atoms with van der Waals surface area (Å²) in [5, 5.41) is 7.56. The highest BCUT2D eigenvalue weighted by molar-refractivity contribution is 7.09. The van der Waals surface area contributed by atoms with Crippen LogP contribution >= 0.6 is 22.9 Å². The first-order valence-corrected chi connectivity index (χ1v) is 7.37. The normalized spacial score (nSPS) is 12.6. The molecule has 0 aliphatic rings. The molecule has 2 nitrogen and oxygen atoms in total. The number of nitrogens with zero attached hydrogens (tertiary/aromatic N) is 1. The van der Waals surface area contributed by atoms with Crippen molar-refractivity contribution in [3.63, 3.8) is 0 Å². The molecule has 1 N–H and O–H groups in total. The molecule has 2 aromatic rings. The zero-order chi connectivity index (χ0) is 13.0. The molecule has 1 unspecified atom stereocenters. The second-order valence-electron chi connectivity index (χ2n) is 4.24. The molecule has 2 rings (SSSR count). The molecule has 0 amide bonds. The molecule has 0 saturated carbocycles. The number of halogens is 1. The fourth-order valence-electron chi connectivity index (χ4n) is 1.74. The molecule has 96 valence electrons. The van der Waals surface area contributed by atoms with Gasteiger partial charge in [-0.2, -0.15) is 0 Å². The zero-order valence-corrected chi connectivity index (χ0v) is 12.2. The summed E-state index contributed by atoms with van der Waals surface area (Å²) in [5.41, 5.74) is 2.32. The van der Waals surface area contributed by atoms with Crippen LogP contribution in [0.25, 0.3) is 0 Å². The van der Waals surface area contributed by atoms with E-state index in [9.17, 15) is 0 Å². The summed E-state index contributed by atoms with van der Waals surface area (Å²) in [7, 11) is 0. The van der Waals surface area contributed by atoms with Crippen LogP contribution in [0, 0.1) is 0 Å². The van der Waals surface area contributed by atoms with E-state index in [1.54, 1.807) is 11.3 Å². The molecular formula is C14H17ClN2S. The highest BCUT2D eigenvalue weighted by Crippen LogP contribution is 2.18. The lowest BCUT2D eigenvalue weighted by Crippen LogP contribution is -2.18. The predicted octanol–water partition coefficient (Wildman–Crippen LogP) is 4.21. The van der Waals surface area contributed by atoms with Gasteiger partial charge in [0.1, 0.15) is 0 Å². The van der Waals surface area contributed by atoms with Gasteiger partial charge >= 0.3 is 0 Å². The molecular weight excluding hydrogens is 264 g/mol. The standard InChI is InChI=1S/C14H17ClN2S/c1-3-14-17-13(9-18-14)8-16-10(2)11-5-4-6-12(15)7-11/h4-7,9-10,16H,3,8H2,1-2H3. The number of nitrogens with one attached hydrogen (secondary N) is 1. The minimum absolute atomic E-state index is 0.274. The second-order valence-corrected chi connectivity index (χ2v) is 5.62.